The van der Waals surface area contributed by atoms with Crippen molar-refractivity contribution in [3.05, 3.63) is 30.1 Å². The van der Waals surface area contributed by atoms with Crippen LogP contribution in [-0.4, -0.2) is 30.4 Å². The third-order valence-corrected chi connectivity index (χ3v) is 3.61. The Bertz CT molecular complexity index is 342. The number of unbranched alkanes of at least 4 members (excludes halogenated alkanes) is 1. The summed E-state index contributed by atoms with van der Waals surface area (Å²) in [7, 11) is 0. The minimum atomic E-state index is 0.366. The van der Waals surface area contributed by atoms with Gasteiger partial charge in [-0.3, -0.25) is 4.98 Å². The van der Waals surface area contributed by atoms with E-state index in [9.17, 15) is 0 Å². The summed E-state index contributed by atoms with van der Waals surface area (Å²) in [4.78, 5) is 4.15. The van der Waals surface area contributed by atoms with E-state index in [1.54, 1.807) is 0 Å². The number of aromatic nitrogens is 1. The summed E-state index contributed by atoms with van der Waals surface area (Å²) < 4.78 is 11.7. The lowest BCUT2D eigenvalue weighted by molar-refractivity contribution is 0.0191. The van der Waals surface area contributed by atoms with Crippen LogP contribution in [0.15, 0.2) is 24.5 Å². The molecule has 0 radical (unpaired) electrons. The van der Waals surface area contributed by atoms with Crippen molar-refractivity contribution in [1.29, 1.82) is 0 Å². The van der Waals surface area contributed by atoms with Crippen molar-refractivity contribution in [2.24, 2.45) is 0 Å². The van der Waals surface area contributed by atoms with Gasteiger partial charge in [0.05, 0.1) is 12.2 Å². The van der Waals surface area contributed by atoms with Gasteiger partial charge in [0.15, 0.2) is 0 Å². The van der Waals surface area contributed by atoms with E-state index in [1.807, 2.05) is 18.5 Å². The maximum Gasteiger partial charge on any atom is 0.0620 e. The molecule has 3 heteroatoms. The summed E-state index contributed by atoms with van der Waals surface area (Å²) in [6.45, 7) is 3.92. The monoisotopic (exact) mass is 263 g/mol. The maximum absolute atomic E-state index is 6.06. The first-order valence-corrected chi connectivity index (χ1v) is 7.50. The molecule has 2 atom stereocenters. The lowest BCUT2D eigenvalue weighted by Gasteiger charge is -2.13. The molecule has 1 aromatic heterocycles. The van der Waals surface area contributed by atoms with Crippen molar-refractivity contribution in [2.45, 2.75) is 57.7 Å². The fourth-order valence-electron chi connectivity index (χ4n) is 2.49. The zero-order valence-electron chi connectivity index (χ0n) is 11.9. The highest BCUT2D eigenvalue weighted by atomic mass is 16.5. The van der Waals surface area contributed by atoms with E-state index in [-0.39, 0.29) is 0 Å². The molecule has 19 heavy (non-hydrogen) atoms. The second-order valence-corrected chi connectivity index (χ2v) is 5.28. The third-order valence-electron chi connectivity index (χ3n) is 3.61. The zero-order valence-corrected chi connectivity index (χ0v) is 11.9. The zero-order chi connectivity index (χ0) is 13.3. The van der Waals surface area contributed by atoms with Crippen LogP contribution in [0.5, 0.6) is 0 Å². The van der Waals surface area contributed by atoms with Gasteiger partial charge in [0, 0.05) is 32.0 Å². The number of ether oxygens (including phenoxy) is 2. The van der Waals surface area contributed by atoms with Gasteiger partial charge >= 0.3 is 0 Å². The van der Waals surface area contributed by atoms with E-state index in [0.29, 0.717) is 12.2 Å². The lowest BCUT2D eigenvalue weighted by Crippen LogP contribution is -2.15. The molecule has 0 unspecified atom stereocenters. The molecule has 0 N–H and O–H groups in total. The van der Waals surface area contributed by atoms with Gasteiger partial charge in [-0.2, -0.15) is 0 Å². The van der Waals surface area contributed by atoms with Crippen LogP contribution in [0.1, 0.15) is 44.6 Å². The molecule has 1 saturated heterocycles. The summed E-state index contributed by atoms with van der Waals surface area (Å²) in [5.41, 5.74) is 1.27. The van der Waals surface area contributed by atoms with Gasteiger partial charge in [-0.15, -0.1) is 0 Å². The van der Waals surface area contributed by atoms with Gasteiger partial charge in [-0.25, -0.2) is 0 Å². The first kappa shape index (κ1) is 14.5. The highest BCUT2D eigenvalue weighted by molar-refractivity contribution is 5.09. The maximum atomic E-state index is 6.06. The fourth-order valence-corrected chi connectivity index (χ4v) is 2.49. The number of hydrogen-bond acceptors (Lipinski definition) is 3. The Morgan fingerprint density at radius 3 is 3.00 bits per heavy atom. The first-order valence-electron chi connectivity index (χ1n) is 7.50. The minimum Gasteiger partial charge on any atom is -0.381 e. The summed E-state index contributed by atoms with van der Waals surface area (Å²) in [6.07, 6.45) is 11.2. The number of rotatable bonds is 8. The number of pyridine rings is 1. The molecule has 0 aliphatic carbocycles. The second kappa shape index (κ2) is 8.28. The smallest absolute Gasteiger partial charge is 0.0620 e. The van der Waals surface area contributed by atoms with Crippen LogP contribution < -0.4 is 0 Å². The molecule has 3 nitrogen and oxygen atoms in total. The first-order chi connectivity index (χ1) is 9.38. The van der Waals surface area contributed by atoms with Crippen LogP contribution in [0.2, 0.25) is 0 Å². The van der Waals surface area contributed by atoms with E-state index >= 15 is 0 Å². The molecule has 0 saturated carbocycles. The highest BCUT2D eigenvalue weighted by Crippen LogP contribution is 2.24. The molecule has 1 aliphatic rings. The Hall–Kier alpha value is -0.930. The average molecular weight is 263 g/mol. The van der Waals surface area contributed by atoms with Crippen LogP contribution in [0.3, 0.4) is 0 Å². The van der Waals surface area contributed by atoms with Gasteiger partial charge < -0.3 is 9.47 Å². The number of hydrogen-bond donors (Lipinski definition) is 0. The number of nitrogens with zero attached hydrogens (tertiary/aromatic N) is 1. The topological polar surface area (TPSA) is 31.4 Å². The molecular weight excluding hydrogens is 238 g/mol. The molecule has 0 bridgehead atoms. The largest absolute Gasteiger partial charge is 0.381 e. The summed E-state index contributed by atoms with van der Waals surface area (Å²) >= 11 is 0. The Morgan fingerprint density at radius 2 is 2.21 bits per heavy atom. The van der Waals surface area contributed by atoms with Crippen molar-refractivity contribution in [1.82, 2.24) is 4.98 Å². The van der Waals surface area contributed by atoms with Gasteiger partial charge in [0.25, 0.3) is 0 Å². The molecule has 0 spiro atoms. The Balaban J connectivity index is 1.60. The molecule has 2 rings (SSSR count). The fraction of sp³-hybridized carbons (Fsp3) is 0.688. The minimum absolute atomic E-state index is 0.366. The van der Waals surface area contributed by atoms with Crippen molar-refractivity contribution in [2.75, 3.05) is 13.2 Å². The molecular formula is C16H25NO2. The van der Waals surface area contributed by atoms with Crippen LogP contribution in [0, 0.1) is 0 Å². The predicted octanol–water partition coefficient (Wildman–Crippen LogP) is 3.38. The van der Waals surface area contributed by atoms with E-state index in [2.05, 4.69) is 18.0 Å². The van der Waals surface area contributed by atoms with Gasteiger partial charge in [0.1, 0.15) is 0 Å². The Morgan fingerprint density at radius 1 is 1.32 bits per heavy atom. The van der Waals surface area contributed by atoms with Crippen molar-refractivity contribution in [3.63, 3.8) is 0 Å². The molecule has 0 amide bonds. The van der Waals surface area contributed by atoms with E-state index in [0.717, 1.165) is 38.9 Å². The normalized spacial score (nSPS) is 22.8. The SMILES string of the molecule is CCCCOCC[C@H]1CC[C@H](Cc2cccnc2)O1. The Labute approximate surface area is 116 Å². The van der Waals surface area contributed by atoms with Crippen molar-refractivity contribution < 1.29 is 9.47 Å². The standard InChI is InChI=1S/C16H25NO2/c1-2-3-10-18-11-8-15-6-7-16(19-15)12-14-5-4-9-17-13-14/h4-5,9,13,15-16H,2-3,6-8,10-12H2,1H3/t15-,16-/m1/s1. The van der Waals surface area contributed by atoms with E-state index in [4.69, 9.17) is 9.47 Å². The molecule has 2 heterocycles. The van der Waals surface area contributed by atoms with Crippen LogP contribution in [0.25, 0.3) is 0 Å². The summed E-state index contributed by atoms with van der Waals surface area (Å²) in [5.74, 6) is 0. The lowest BCUT2D eigenvalue weighted by atomic mass is 10.1. The van der Waals surface area contributed by atoms with Gasteiger partial charge in [-0.1, -0.05) is 19.4 Å². The summed E-state index contributed by atoms with van der Waals surface area (Å²) in [6, 6.07) is 4.11. The predicted molar refractivity (Wildman–Crippen MR) is 76.2 cm³/mol. The van der Waals surface area contributed by atoms with Gasteiger partial charge in [-0.05, 0) is 37.3 Å². The highest BCUT2D eigenvalue weighted by Gasteiger charge is 2.24. The van der Waals surface area contributed by atoms with Gasteiger partial charge in [0.2, 0.25) is 0 Å². The van der Waals surface area contributed by atoms with E-state index in [1.165, 1.54) is 18.4 Å². The molecule has 106 valence electrons. The van der Waals surface area contributed by atoms with E-state index < -0.39 is 0 Å². The molecule has 1 aliphatic heterocycles. The third kappa shape index (κ3) is 5.29. The molecule has 1 aromatic rings. The second-order valence-electron chi connectivity index (χ2n) is 5.28. The quantitative estimate of drug-likeness (QED) is 0.674. The summed E-state index contributed by atoms with van der Waals surface area (Å²) in [5, 5.41) is 0. The average Bonchev–Trinajstić information content (AvgIpc) is 2.87. The molecule has 1 fully saturated rings. The van der Waals surface area contributed by atoms with Crippen molar-refractivity contribution in [3.8, 4) is 0 Å². The van der Waals surface area contributed by atoms with Crippen LogP contribution in [-0.2, 0) is 15.9 Å². The van der Waals surface area contributed by atoms with Crippen molar-refractivity contribution >= 4 is 0 Å². The Kier molecular flexibility index (Phi) is 6.31. The van der Waals surface area contributed by atoms with Crippen LogP contribution >= 0.6 is 0 Å². The van der Waals surface area contributed by atoms with Crippen LogP contribution in [0.4, 0.5) is 0 Å². The molecule has 0 aromatic carbocycles.